The highest BCUT2D eigenvalue weighted by atomic mass is 32.1. The summed E-state index contributed by atoms with van der Waals surface area (Å²) in [6.45, 7) is 7.68. The first-order valence-corrected chi connectivity index (χ1v) is 9.03. The van der Waals surface area contributed by atoms with Crippen molar-refractivity contribution in [3.05, 3.63) is 51.7 Å². The van der Waals surface area contributed by atoms with Crippen LogP contribution in [0.1, 0.15) is 56.0 Å². The van der Waals surface area contributed by atoms with Crippen LogP contribution in [0.15, 0.2) is 35.0 Å². The van der Waals surface area contributed by atoms with E-state index in [4.69, 9.17) is 4.74 Å². The van der Waals surface area contributed by atoms with Crippen molar-refractivity contribution in [2.24, 2.45) is 5.92 Å². The van der Waals surface area contributed by atoms with Crippen molar-refractivity contribution in [2.45, 2.75) is 44.8 Å². The number of hydrogen-bond donors (Lipinski definition) is 1. The van der Waals surface area contributed by atoms with Gasteiger partial charge in [-0.15, -0.1) is 0 Å². The van der Waals surface area contributed by atoms with Crippen LogP contribution in [0.3, 0.4) is 0 Å². The van der Waals surface area contributed by atoms with Crippen molar-refractivity contribution in [3.8, 4) is 0 Å². The van der Waals surface area contributed by atoms with Crippen LogP contribution < -0.4 is 5.32 Å². The molecule has 1 N–H and O–H groups in total. The van der Waals surface area contributed by atoms with E-state index in [1.54, 1.807) is 11.3 Å². The molecular formula is C19H23NOS. The fraction of sp³-hybridized carbons (Fsp3) is 0.474. The van der Waals surface area contributed by atoms with Gasteiger partial charge in [0.25, 0.3) is 0 Å². The number of benzene rings is 1. The standard InChI is InChI=1S/C19H23NOS/c1-19(2,3)13-4-5-16-15(10-13)18-14(6-8-21-18)17(20-16)12-7-9-22-11-12/h4-5,7,9-11,14,17-18,20H,6,8H2,1-3H3/t14?,17-,18?/m0/s1. The number of thiophene rings is 1. The van der Waals surface area contributed by atoms with Gasteiger partial charge in [0.2, 0.25) is 0 Å². The lowest BCUT2D eigenvalue weighted by Crippen LogP contribution is -2.29. The van der Waals surface area contributed by atoms with Crippen LogP contribution in [-0.4, -0.2) is 6.61 Å². The maximum atomic E-state index is 6.14. The normalized spacial score (nSPS) is 27.1. The minimum atomic E-state index is 0.174. The Morgan fingerprint density at radius 2 is 2.09 bits per heavy atom. The SMILES string of the molecule is CC(C)(C)c1ccc2c(c1)C1OCCC1[C@H](c1ccsc1)N2. The fourth-order valence-corrected chi connectivity index (χ4v) is 4.42. The van der Waals surface area contributed by atoms with Crippen molar-refractivity contribution >= 4 is 17.0 Å². The molecule has 2 nitrogen and oxygen atoms in total. The quantitative estimate of drug-likeness (QED) is 0.772. The lowest BCUT2D eigenvalue weighted by Gasteiger charge is -2.37. The molecule has 4 rings (SSSR count). The molecule has 0 spiro atoms. The van der Waals surface area contributed by atoms with E-state index in [0.717, 1.165) is 13.0 Å². The molecule has 2 aliphatic heterocycles. The monoisotopic (exact) mass is 313 g/mol. The Morgan fingerprint density at radius 3 is 2.82 bits per heavy atom. The number of anilines is 1. The van der Waals surface area contributed by atoms with Crippen LogP contribution in [0.25, 0.3) is 0 Å². The van der Waals surface area contributed by atoms with Crippen molar-refractivity contribution < 1.29 is 4.74 Å². The van der Waals surface area contributed by atoms with E-state index in [-0.39, 0.29) is 11.5 Å². The highest BCUT2D eigenvalue weighted by Gasteiger charge is 2.41. The summed E-state index contributed by atoms with van der Waals surface area (Å²) in [5.41, 5.74) is 5.55. The van der Waals surface area contributed by atoms with Crippen LogP contribution in [0, 0.1) is 5.92 Å². The average molecular weight is 313 g/mol. The summed E-state index contributed by atoms with van der Waals surface area (Å²) >= 11 is 1.77. The highest BCUT2D eigenvalue weighted by molar-refractivity contribution is 7.08. The van der Waals surface area contributed by atoms with E-state index in [0.29, 0.717) is 12.0 Å². The van der Waals surface area contributed by atoms with Crippen LogP contribution in [-0.2, 0) is 10.2 Å². The summed E-state index contributed by atoms with van der Waals surface area (Å²) in [4.78, 5) is 0. The minimum absolute atomic E-state index is 0.174. The number of fused-ring (bicyclic) bond motifs is 3. The second-order valence-electron chi connectivity index (χ2n) is 7.47. The average Bonchev–Trinajstić information content (AvgIpc) is 3.16. The summed E-state index contributed by atoms with van der Waals surface area (Å²) in [5, 5.41) is 8.21. The van der Waals surface area contributed by atoms with Crippen molar-refractivity contribution in [2.75, 3.05) is 11.9 Å². The molecule has 0 aliphatic carbocycles. The molecule has 3 atom stereocenters. The van der Waals surface area contributed by atoms with Gasteiger partial charge in [0.15, 0.2) is 0 Å². The number of ether oxygens (including phenoxy) is 1. The van der Waals surface area contributed by atoms with Crippen molar-refractivity contribution in [1.29, 1.82) is 0 Å². The first kappa shape index (κ1) is 14.3. The van der Waals surface area contributed by atoms with Crippen molar-refractivity contribution in [1.82, 2.24) is 0 Å². The van der Waals surface area contributed by atoms with Crippen LogP contribution >= 0.6 is 11.3 Å². The second kappa shape index (κ2) is 5.10. The predicted octanol–water partition coefficient (Wildman–Crippen LogP) is 5.29. The molecule has 0 amide bonds. The fourth-order valence-electron chi connectivity index (χ4n) is 3.72. The molecule has 1 aromatic carbocycles. The second-order valence-corrected chi connectivity index (χ2v) is 8.25. The largest absolute Gasteiger partial charge is 0.378 e. The summed E-state index contributed by atoms with van der Waals surface area (Å²) in [6, 6.07) is 9.48. The van der Waals surface area contributed by atoms with Crippen LogP contribution in [0.5, 0.6) is 0 Å². The van der Waals surface area contributed by atoms with Crippen LogP contribution in [0.2, 0.25) is 0 Å². The zero-order valence-electron chi connectivity index (χ0n) is 13.4. The van der Waals surface area contributed by atoms with E-state index in [1.165, 1.54) is 22.4 Å². The molecule has 2 aromatic rings. The molecule has 1 saturated heterocycles. The van der Waals surface area contributed by atoms with Gasteiger partial charge in [-0.1, -0.05) is 32.9 Å². The third kappa shape index (κ3) is 2.27. The molecule has 22 heavy (non-hydrogen) atoms. The Hall–Kier alpha value is -1.32. The summed E-state index contributed by atoms with van der Waals surface area (Å²) < 4.78 is 6.14. The molecule has 3 heteroatoms. The van der Waals surface area contributed by atoms with Crippen LogP contribution in [0.4, 0.5) is 5.69 Å². The Morgan fingerprint density at radius 1 is 1.23 bits per heavy atom. The highest BCUT2D eigenvalue weighted by Crippen LogP contribution is 2.50. The third-order valence-corrected chi connectivity index (χ3v) is 5.70. The Balaban J connectivity index is 1.77. The minimum Gasteiger partial charge on any atom is -0.378 e. The van der Waals surface area contributed by atoms with Gasteiger partial charge >= 0.3 is 0 Å². The van der Waals surface area contributed by atoms with Crippen molar-refractivity contribution in [3.63, 3.8) is 0 Å². The number of rotatable bonds is 1. The summed E-state index contributed by atoms with van der Waals surface area (Å²) in [5.74, 6) is 0.539. The van der Waals surface area contributed by atoms with Gasteiger partial charge in [0.05, 0.1) is 12.1 Å². The Kier molecular flexibility index (Phi) is 3.31. The van der Waals surface area contributed by atoms with E-state index in [1.807, 2.05) is 0 Å². The molecule has 0 radical (unpaired) electrons. The molecular weight excluding hydrogens is 290 g/mol. The Bertz CT molecular complexity index is 671. The first-order valence-electron chi connectivity index (χ1n) is 8.09. The summed E-state index contributed by atoms with van der Waals surface area (Å²) in [7, 11) is 0. The van der Waals surface area contributed by atoms with Gasteiger partial charge in [-0.3, -0.25) is 0 Å². The smallest absolute Gasteiger partial charge is 0.0896 e. The zero-order valence-corrected chi connectivity index (χ0v) is 14.2. The van der Waals surface area contributed by atoms with Gasteiger partial charge in [-0.25, -0.2) is 0 Å². The topological polar surface area (TPSA) is 21.3 Å². The first-order chi connectivity index (χ1) is 10.5. The Labute approximate surface area is 136 Å². The van der Waals surface area contributed by atoms with Gasteiger partial charge < -0.3 is 10.1 Å². The zero-order chi connectivity index (χ0) is 15.3. The molecule has 3 heterocycles. The van der Waals surface area contributed by atoms with Gasteiger partial charge in [0, 0.05) is 23.8 Å². The molecule has 0 saturated carbocycles. The molecule has 0 bridgehead atoms. The lowest BCUT2D eigenvalue weighted by molar-refractivity contribution is 0.0828. The molecule has 2 unspecified atom stereocenters. The van der Waals surface area contributed by atoms with Gasteiger partial charge in [-0.05, 0) is 45.9 Å². The van der Waals surface area contributed by atoms with Gasteiger partial charge in [0.1, 0.15) is 0 Å². The lowest BCUT2D eigenvalue weighted by atomic mass is 9.79. The van der Waals surface area contributed by atoms with Gasteiger partial charge in [-0.2, -0.15) is 11.3 Å². The van der Waals surface area contributed by atoms with E-state index < -0.39 is 0 Å². The maximum absolute atomic E-state index is 6.14. The third-order valence-electron chi connectivity index (χ3n) is 5.00. The molecule has 2 aliphatic rings. The van der Waals surface area contributed by atoms with E-state index >= 15 is 0 Å². The summed E-state index contributed by atoms with van der Waals surface area (Å²) in [6.07, 6.45) is 1.38. The molecule has 1 fully saturated rings. The number of nitrogens with one attached hydrogen (secondary N) is 1. The maximum Gasteiger partial charge on any atom is 0.0896 e. The van der Waals surface area contributed by atoms with E-state index in [9.17, 15) is 0 Å². The predicted molar refractivity (Wildman–Crippen MR) is 92.6 cm³/mol. The molecule has 116 valence electrons. The molecule has 1 aromatic heterocycles. The van der Waals surface area contributed by atoms with E-state index in [2.05, 4.69) is 61.1 Å². The number of hydrogen-bond acceptors (Lipinski definition) is 3.